The van der Waals surface area contributed by atoms with Gasteiger partial charge < -0.3 is 14.4 Å². The van der Waals surface area contributed by atoms with Gasteiger partial charge in [0.2, 0.25) is 5.67 Å². The van der Waals surface area contributed by atoms with Gasteiger partial charge in [0.05, 0.1) is 6.54 Å². The number of rotatable bonds is 0. The summed E-state index contributed by atoms with van der Waals surface area (Å²) in [5.41, 5.74) is -6.49. The number of alkyl halides is 2. The van der Waals surface area contributed by atoms with E-state index >= 15 is 0 Å². The fourth-order valence-corrected chi connectivity index (χ4v) is 3.45. The van der Waals surface area contributed by atoms with Crippen LogP contribution in [-0.4, -0.2) is 53.6 Å². The molecule has 1 saturated carbocycles. The molecule has 0 radical (unpaired) electrons. The van der Waals surface area contributed by atoms with E-state index in [1.807, 2.05) is 0 Å². The lowest BCUT2D eigenvalue weighted by Gasteiger charge is -2.51. The fourth-order valence-electron chi connectivity index (χ4n) is 3.45. The Kier molecular flexibility index (Phi) is 2.33. The van der Waals surface area contributed by atoms with Crippen molar-refractivity contribution in [3.8, 4) is 0 Å². The Bertz CT molecular complexity index is 505. The maximum Gasteiger partial charge on any atom is 0.410 e. The quantitative estimate of drug-likeness (QED) is 0.636. The van der Waals surface area contributed by atoms with Gasteiger partial charge >= 0.3 is 12.1 Å². The van der Waals surface area contributed by atoms with Gasteiger partial charge in [0.1, 0.15) is 23.3 Å². The maximum absolute atomic E-state index is 14.8. The lowest BCUT2D eigenvalue weighted by molar-refractivity contribution is -0.186. The molecule has 3 aliphatic rings. The number of nitrogens with zero attached hydrogens (tertiary/aromatic N) is 1. The first-order valence-electron chi connectivity index (χ1n) is 6.56. The molecule has 5 nitrogen and oxygen atoms in total. The molecule has 3 atom stereocenters. The van der Waals surface area contributed by atoms with Gasteiger partial charge in [0.25, 0.3) is 0 Å². The van der Waals surface area contributed by atoms with Crippen molar-refractivity contribution in [1.29, 1.82) is 0 Å². The predicted molar refractivity (Wildman–Crippen MR) is 63.5 cm³/mol. The van der Waals surface area contributed by atoms with E-state index in [0.717, 1.165) is 4.90 Å². The minimum absolute atomic E-state index is 0.194. The molecular formula is C13H17F2NO4. The van der Waals surface area contributed by atoms with Gasteiger partial charge in [0.15, 0.2) is 0 Å². The third kappa shape index (κ3) is 1.41. The molecule has 2 aliphatic heterocycles. The predicted octanol–water partition coefficient (Wildman–Crippen LogP) is 1.60. The highest BCUT2D eigenvalue weighted by atomic mass is 19.2. The van der Waals surface area contributed by atoms with E-state index in [4.69, 9.17) is 9.47 Å². The number of ether oxygens (including phenoxy) is 2. The zero-order valence-corrected chi connectivity index (χ0v) is 11.7. The van der Waals surface area contributed by atoms with Crippen LogP contribution in [0.1, 0.15) is 27.2 Å². The second-order valence-corrected chi connectivity index (χ2v) is 6.94. The number of carbonyl (C=O) groups is 2. The molecule has 3 rings (SSSR count). The first-order valence-corrected chi connectivity index (χ1v) is 6.56. The van der Waals surface area contributed by atoms with Crippen molar-refractivity contribution in [2.75, 3.05) is 19.7 Å². The number of esters is 1. The molecule has 112 valence electrons. The molecule has 3 unspecified atom stereocenters. The summed E-state index contributed by atoms with van der Waals surface area (Å²) in [6, 6.07) is 0. The van der Waals surface area contributed by atoms with Crippen molar-refractivity contribution in [2.24, 2.45) is 5.41 Å². The molecule has 20 heavy (non-hydrogen) atoms. The highest BCUT2D eigenvalue weighted by Gasteiger charge is 2.87. The standard InChI is InChI=1S/C13H17F2NO4/c1-10(2,3)20-9(18)16-5-11-7-19-8(17)13(11,15)4-12(11,14)6-16/h4-7H2,1-3H3. The Morgan fingerprint density at radius 3 is 2.55 bits per heavy atom. The van der Waals surface area contributed by atoms with Crippen LogP contribution in [0.4, 0.5) is 13.6 Å². The second-order valence-electron chi connectivity index (χ2n) is 6.94. The summed E-state index contributed by atoms with van der Waals surface area (Å²) >= 11 is 0. The van der Waals surface area contributed by atoms with E-state index in [2.05, 4.69) is 0 Å². The number of halogens is 2. The normalized spacial score (nSPS) is 42.6. The van der Waals surface area contributed by atoms with Gasteiger partial charge in [-0.15, -0.1) is 0 Å². The van der Waals surface area contributed by atoms with Crippen LogP contribution in [0.5, 0.6) is 0 Å². The summed E-state index contributed by atoms with van der Waals surface area (Å²) < 4.78 is 39.2. The molecule has 1 spiro atoms. The summed E-state index contributed by atoms with van der Waals surface area (Å²) in [5.74, 6) is -1.02. The topological polar surface area (TPSA) is 55.8 Å². The fraction of sp³-hybridized carbons (Fsp3) is 0.846. The van der Waals surface area contributed by atoms with Crippen LogP contribution in [0.3, 0.4) is 0 Å². The van der Waals surface area contributed by atoms with Gasteiger partial charge in [-0.2, -0.15) is 0 Å². The van der Waals surface area contributed by atoms with Gasteiger partial charge in [-0.3, -0.25) is 0 Å². The molecule has 0 aromatic rings. The van der Waals surface area contributed by atoms with Crippen LogP contribution >= 0.6 is 0 Å². The Morgan fingerprint density at radius 2 is 2.00 bits per heavy atom. The van der Waals surface area contributed by atoms with Crippen molar-refractivity contribution in [3.63, 3.8) is 0 Å². The monoisotopic (exact) mass is 289 g/mol. The van der Waals surface area contributed by atoms with Crippen LogP contribution in [0.25, 0.3) is 0 Å². The van der Waals surface area contributed by atoms with Crippen LogP contribution < -0.4 is 0 Å². The summed E-state index contributed by atoms with van der Waals surface area (Å²) in [5, 5.41) is 0. The van der Waals surface area contributed by atoms with Crippen molar-refractivity contribution >= 4 is 12.1 Å². The van der Waals surface area contributed by atoms with E-state index < -0.39 is 40.8 Å². The highest BCUT2D eigenvalue weighted by Crippen LogP contribution is 2.68. The van der Waals surface area contributed by atoms with Crippen molar-refractivity contribution in [3.05, 3.63) is 0 Å². The molecule has 1 amide bonds. The van der Waals surface area contributed by atoms with E-state index in [-0.39, 0.29) is 19.7 Å². The van der Waals surface area contributed by atoms with E-state index in [0.29, 0.717) is 0 Å². The van der Waals surface area contributed by atoms with Crippen molar-refractivity contribution in [1.82, 2.24) is 4.90 Å². The van der Waals surface area contributed by atoms with Gasteiger partial charge in [0, 0.05) is 13.0 Å². The number of hydrogen-bond acceptors (Lipinski definition) is 4. The number of cyclic esters (lactones) is 1. The average Bonchev–Trinajstić information content (AvgIpc) is 2.63. The van der Waals surface area contributed by atoms with E-state index in [9.17, 15) is 18.4 Å². The molecule has 3 fully saturated rings. The van der Waals surface area contributed by atoms with E-state index in [1.165, 1.54) is 0 Å². The first-order chi connectivity index (χ1) is 9.03. The number of amides is 1. The number of hydrogen-bond donors (Lipinski definition) is 0. The highest BCUT2D eigenvalue weighted by molar-refractivity contribution is 5.87. The third-order valence-corrected chi connectivity index (χ3v) is 4.47. The Hall–Kier alpha value is -1.40. The smallest absolute Gasteiger partial charge is 0.410 e. The molecule has 0 aromatic carbocycles. The molecular weight excluding hydrogens is 272 g/mol. The largest absolute Gasteiger partial charge is 0.462 e. The summed E-state index contributed by atoms with van der Waals surface area (Å²) in [6.45, 7) is 4.31. The molecule has 7 heteroatoms. The van der Waals surface area contributed by atoms with Gasteiger partial charge in [-0.1, -0.05) is 0 Å². The Balaban J connectivity index is 1.83. The maximum atomic E-state index is 14.8. The number of likely N-dealkylation sites (tertiary alicyclic amines) is 1. The minimum atomic E-state index is -2.31. The summed E-state index contributed by atoms with van der Waals surface area (Å²) in [7, 11) is 0. The Labute approximate surface area is 115 Å². The average molecular weight is 289 g/mol. The summed E-state index contributed by atoms with van der Waals surface area (Å²) in [6.07, 6.45) is -1.24. The van der Waals surface area contributed by atoms with Crippen LogP contribution in [0, 0.1) is 5.41 Å². The third-order valence-electron chi connectivity index (χ3n) is 4.47. The molecule has 1 aliphatic carbocycles. The van der Waals surface area contributed by atoms with Crippen LogP contribution in [0.2, 0.25) is 0 Å². The van der Waals surface area contributed by atoms with Gasteiger partial charge in [-0.05, 0) is 20.8 Å². The molecule has 0 aromatic heterocycles. The molecule has 0 N–H and O–H groups in total. The summed E-state index contributed by atoms with van der Waals surface area (Å²) in [4.78, 5) is 24.6. The zero-order valence-electron chi connectivity index (χ0n) is 11.7. The first kappa shape index (κ1) is 13.6. The SMILES string of the molecule is CC(C)(C)OC(=O)N1CC2(F)CC3(F)C(=O)OCC23C1. The van der Waals surface area contributed by atoms with E-state index in [1.54, 1.807) is 20.8 Å². The van der Waals surface area contributed by atoms with Crippen molar-refractivity contribution in [2.45, 2.75) is 44.1 Å². The minimum Gasteiger partial charge on any atom is -0.462 e. The number of carbonyl (C=O) groups excluding carboxylic acids is 2. The molecule has 2 heterocycles. The second kappa shape index (κ2) is 3.43. The molecule has 2 saturated heterocycles. The lowest BCUT2D eigenvalue weighted by atomic mass is 9.52. The lowest BCUT2D eigenvalue weighted by Crippen LogP contribution is -2.70. The molecule has 0 bridgehead atoms. The zero-order chi connectivity index (χ0) is 15.0. The van der Waals surface area contributed by atoms with Crippen LogP contribution in [-0.2, 0) is 14.3 Å². The van der Waals surface area contributed by atoms with Gasteiger partial charge in [-0.25, -0.2) is 18.4 Å². The van der Waals surface area contributed by atoms with Crippen LogP contribution in [0.15, 0.2) is 0 Å². The van der Waals surface area contributed by atoms with Crippen molar-refractivity contribution < 1.29 is 27.8 Å². The Morgan fingerprint density at radius 1 is 1.35 bits per heavy atom.